The minimum absolute atomic E-state index is 0.204. The van der Waals surface area contributed by atoms with E-state index in [1.807, 2.05) is 49.4 Å². The second-order valence-corrected chi connectivity index (χ2v) is 8.10. The molecule has 4 aromatic rings. The number of hydrogen-bond acceptors (Lipinski definition) is 4. The molecule has 3 aromatic carbocycles. The molecule has 1 heterocycles. The lowest BCUT2D eigenvalue weighted by atomic mass is 10.1. The van der Waals surface area contributed by atoms with Gasteiger partial charge in [-0.1, -0.05) is 30.3 Å². The maximum absolute atomic E-state index is 12.9. The van der Waals surface area contributed by atoms with Crippen molar-refractivity contribution >= 4 is 16.9 Å². The third-order valence-electron chi connectivity index (χ3n) is 5.83. The summed E-state index contributed by atoms with van der Waals surface area (Å²) in [5.74, 6) is 1.96. The molecule has 1 atom stereocenters. The number of carbonyl (C=O) groups is 1. The zero-order chi connectivity index (χ0) is 23.4. The standard InChI is InChI=1S/C27H29N3O3/c1-18-13-14-21(17-19(18)2)33-16-15-30-24-11-7-6-10-23(24)29-26(30)20(3)28-27(31)22-9-5-8-12-25(22)32-4/h5-14,17,20H,15-16H2,1-4H3,(H,28,31). The first-order chi connectivity index (χ1) is 16.0. The summed E-state index contributed by atoms with van der Waals surface area (Å²) in [4.78, 5) is 17.8. The second-order valence-electron chi connectivity index (χ2n) is 8.10. The monoisotopic (exact) mass is 443 g/mol. The lowest BCUT2D eigenvalue weighted by Crippen LogP contribution is -2.29. The third-order valence-corrected chi connectivity index (χ3v) is 5.83. The van der Waals surface area contributed by atoms with Crippen molar-refractivity contribution in [1.29, 1.82) is 0 Å². The topological polar surface area (TPSA) is 65.4 Å². The normalized spacial score (nSPS) is 11.9. The molecule has 0 saturated heterocycles. The number of hydrogen-bond donors (Lipinski definition) is 1. The fourth-order valence-corrected chi connectivity index (χ4v) is 3.89. The predicted octanol–water partition coefficient (Wildman–Crippen LogP) is 5.23. The van der Waals surface area contributed by atoms with Gasteiger partial charge < -0.3 is 19.4 Å². The van der Waals surface area contributed by atoms with Gasteiger partial charge in [0.25, 0.3) is 5.91 Å². The van der Waals surface area contributed by atoms with Gasteiger partial charge in [0.2, 0.25) is 0 Å². The van der Waals surface area contributed by atoms with E-state index in [2.05, 4.69) is 35.9 Å². The maximum atomic E-state index is 12.9. The Morgan fingerprint density at radius 1 is 1.03 bits per heavy atom. The van der Waals surface area contributed by atoms with Crippen molar-refractivity contribution in [3.8, 4) is 11.5 Å². The summed E-state index contributed by atoms with van der Waals surface area (Å²) in [5, 5.41) is 3.07. The van der Waals surface area contributed by atoms with Gasteiger partial charge in [0, 0.05) is 0 Å². The van der Waals surface area contributed by atoms with Gasteiger partial charge >= 0.3 is 0 Å². The van der Waals surface area contributed by atoms with Crippen LogP contribution in [0.3, 0.4) is 0 Å². The van der Waals surface area contributed by atoms with Crippen LogP contribution in [0.25, 0.3) is 11.0 Å². The number of rotatable bonds is 8. The number of aromatic nitrogens is 2. The van der Waals surface area contributed by atoms with Gasteiger partial charge in [-0.3, -0.25) is 4.79 Å². The first-order valence-corrected chi connectivity index (χ1v) is 11.1. The Morgan fingerprint density at radius 2 is 1.79 bits per heavy atom. The molecule has 1 aromatic heterocycles. The van der Waals surface area contributed by atoms with Crippen molar-refractivity contribution in [2.45, 2.75) is 33.4 Å². The van der Waals surface area contributed by atoms with E-state index in [0.29, 0.717) is 24.5 Å². The van der Waals surface area contributed by atoms with E-state index in [-0.39, 0.29) is 11.9 Å². The Labute approximate surface area is 194 Å². The van der Waals surface area contributed by atoms with E-state index in [4.69, 9.17) is 14.5 Å². The molecule has 0 fully saturated rings. The summed E-state index contributed by atoms with van der Waals surface area (Å²) < 4.78 is 13.5. The highest BCUT2D eigenvalue weighted by Gasteiger charge is 2.20. The molecule has 1 amide bonds. The van der Waals surface area contributed by atoms with Crippen molar-refractivity contribution in [1.82, 2.24) is 14.9 Å². The number of aryl methyl sites for hydroxylation is 2. The summed E-state index contributed by atoms with van der Waals surface area (Å²) in [6.45, 7) is 7.20. The van der Waals surface area contributed by atoms with Crippen LogP contribution in [0.2, 0.25) is 0 Å². The number of imidazole rings is 1. The highest BCUT2D eigenvalue weighted by atomic mass is 16.5. The van der Waals surface area contributed by atoms with Crippen LogP contribution in [0.4, 0.5) is 0 Å². The van der Waals surface area contributed by atoms with Gasteiger partial charge in [-0.15, -0.1) is 0 Å². The van der Waals surface area contributed by atoms with Crippen molar-refractivity contribution < 1.29 is 14.3 Å². The largest absolute Gasteiger partial charge is 0.496 e. The van der Waals surface area contributed by atoms with Crippen LogP contribution in [-0.2, 0) is 6.54 Å². The predicted molar refractivity (Wildman–Crippen MR) is 130 cm³/mol. The zero-order valence-corrected chi connectivity index (χ0v) is 19.5. The zero-order valence-electron chi connectivity index (χ0n) is 19.5. The minimum atomic E-state index is -0.309. The first-order valence-electron chi connectivity index (χ1n) is 11.1. The molecule has 1 unspecified atom stereocenters. The molecule has 0 aliphatic carbocycles. The SMILES string of the molecule is COc1ccccc1C(=O)NC(C)c1nc2ccccc2n1CCOc1ccc(C)c(C)c1. The Kier molecular flexibility index (Phi) is 6.63. The summed E-state index contributed by atoms with van der Waals surface area (Å²) in [5.41, 5.74) is 4.83. The lowest BCUT2D eigenvalue weighted by Gasteiger charge is -2.17. The van der Waals surface area contributed by atoms with Crippen molar-refractivity contribution in [3.05, 3.63) is 89.2 Å². The lowest BCUT2D eigenvalue weighted by molar-refractivity contribution is 0.0934. The van der Waals surface area contributed by atoms with E-state index in [0.717, 1.165) is 22.6 Å². The fourth-order valence-electron chi connectivity index (χ4n) is 3.89. The van der Waals surface area contributed by atoms with Gasteiger partial charge in [-0.25, -0.2) is 4.98 Å². The van der Waals surface area contributed by atoms with Crippen LogP contribution >= 0.6 is 0 Å². The number of nitrogens with one attached hydrogen (secondary N) is 1. The Morgan fingerprint density at radius 3 is 2.58 bits per heavy atom. The quantitative estimate of drug-likeness (QED) is 0.405. The number of methoxy groups -OCH3 is 1. The molecule has 1 N–H and O–H groups in total. The number of nitrogens with zero attached hydrogens (tertiary/aromatic N) is 2. The molecule has 6 nitrogen and oxygen atoms in total. The molecular weight excluding hydrogens is 414 g/mol. The van der Waals surface area contributed by atoms with Crippen LogP contribution in [0.1, 0.15) is 40.3 Å². The average molecular weight is 444 g/mol. The summed E-state index contributed by atoms with van der Waals surface area (Å²) in [6, 6.07) is 21.0. The summed E-state index contributed by atoms with van der Waals surface area (Å²) >= 11 is 0. The molecule has 0 radical (unpaired) electrons. The molecule has 6 heteroatoms. The molecular formula is C27H29N3O3. The molecule has 0 saturated carbocycles. The number of amides is 1. The molecule has 0 aliphatic heterocycles. The van der Waals surface area contributed by atoms with Crippen LogP contribution in [0.5, 0.6) is 11.5 Å². The van der Waals surface area contributed by atoms with E-state index in [1.54, 1.807) is 19.2 Å². The van der Waals surface area contributed by atoms with Gasteiger partial charge in [0.15, 0.2) is 0 Å². The van der Waals surface area contributed by atoms with E-state index in [1.165, 1.54) is 11.1 Å². The number of ether oxygens (including phenoxy) is 2. The van der Waals surface area contributed by atoms with Crippen LogP contribution in [-0.4, -0.2) is 29.2 Å². The van der Waals surface area contributed by atoms with Crippen molar-refractivity contribution in [2.24, 2.45) is 0 Å². The van der Waals surface area contributed by atoms with Crippen LogP contribution in [0.15, 0.2) is 66.7 Å². The second kappa shape index (κ2) is 9.77. The molecule has 4 rings (SSSR count). The maximum Gasteiger partial charge on any atom is 0.255 e. The Balaban J connectivity index is 1.55. The number of fused-ring (bicyclic) bond motifs is 1. The molecule has 0 bridgehead atoms. The van der Waals surface area contributed by atoms with E-state index >= 15 is 0 Å². The van der Waals surface area contributed by atoms with Crippen molar-refractivity contribution in [3.63, 3.8) is 0 Å². The summed E-state index contributed by atoms with van der Waals surface area (Å²) in [7, 11) is 1.56. The summed E-state index contributed by atoms with van der Waals surface area (Å²) in [6.07, 6.45) is 0. The minimum Gasteiger partial charge on any atom is -0.496 e. The number of carbonyl (C=O) groups excluding carboxylic acids is 1. The highest BCUT2D eigenvalue weighted by molar-refractivity contribution is 5.97. The fraction of sp³-hybridized carbons (Fsp3) is 0.259. The molecule has 0 aliphatic rings. The Hall–Kier alpha value is -3.80. The molecule has 0 spiro atoms. The first kappa shape index (κ1) is 22.4. The van der Waals surface area contributed by atoms with E-state index < -0.39 is 0 Å². The van der Waals surface area contributed by atoms with Gasteiger partial charge in [-0.05, 0) is 68.3 Å². The average Bonchev–Trinajstić information content (AvgIpc) is 3.20. The van der Waals surface area contributed by atoms with Crippen molar-refractivity contribution in [2.75, 3.05) is 13.7 Å². The smallest absolute Gasteiger partial charge is 0.255 e. The number of benzene rings is 3. The van der Waals surface area contributed by atoms with E-state index in [9.17, 15) is 4.79 Å². The third kappa shape index (κ3) is 4.85. The number of para-hydroxylation sites is 3. The van der Waals surface area contributed by atoms with Crippen LogP contribution in [0, 0.1) is 13.8 Å². The van der Waals surface area contributed by atoms with Gasteiger partial charge in [-0.2, -0.15) is 0 Å². The van der Waals surface area contributed by atoms with Crippen LogP contribution < -0.4 is 14.8 Å². The Bertz CT molecular complexity index is 1280. The van der Waals surface area contributed by atoms with Gasteiger partial charge in [0.05, 0.1) is 36.3 Å². The molecule has 170 valence electrons. The highest BCUT2D eigenvalue weighted by Crippen LogP contribution is 2.23. The van der Waals surface area contributed by atoms with Gasteiger partial charge in [0.1, 0.15) is 23.9 Å². The molecule has 33 heavy (non-hydrogen) atoms.